The molecule has 4 rings (SSSR count). The molecule has 5 nitrogen and oxygen atoms in total. The Bertz CT molecular complexity index is 1350. The molecule has 2 heterocycles. The number of alkyl halides is 3. The molecule has 0 radical (unpaired) electrons. The van der Waals surface area contributed by atoms with Crippen molar-refractivity contribution in [1.82, 2.24) is 15.0 Å². The molecule has 2 aromatic carbocycles. The molecule has 0 spiro atoms. The molecule has 0 aliphatic carbocycles. The van der Waals surface area contributed by atoms with Crippen molar-refractivity contribution in [3.63, 3.8) is 0 Å². The maximum absolute atomic E-state index is 13.3. The van der Waals surface area contributed by atoms with Gasteiger partial charge in [0.2, 0.25) is 0 Å². The number of aromatic nitrogens is 3. The average molecular weight is 421 g/mol. The summed E-state index contributed by atoms with van der Waals surface area (Å²) in [5.74, 6) is -0.650. The van der Waals surface area contributed by atoms with E-state index >= 15 is 0 Å². The Morgan fingerprint density at radius 3 is 2.39 bits per heavy atom. The average Bonchev–Trinajstić information content (AvgIpc) is 2.77. The van der Waals surface area contributed by atoms with Gasteiger partial charge in [-0.25, -0.2) is 9.97 Å². The van der Waals surface area contributed by atoms with E-state index in [0.717, 1.165) is 12.1 Å². The van der Waals surface area contributed by atoms with Crippen LogP contribution in [0.2, 0.25) is 0 Å². The highest BCUT2D eigenvalue weighted by atomic mass is 19.4. The van der Waals surface area contributed by atoms with Crippen LogP contribution in [0.1, 0.15) is 21.5 Å². The number of carbonyl (C=O) groups is 1. The van der Waals surface area contributed by atoms with Crippen LogP contribution in [0.4, 0.5) is 13.2 Å². The van der Waals surface area contributed by atoms with Crippen molar-refractivity contribution in [3.05, 3.63) is 100 Å². The van der Waals surface area contributed by atoms with Crippen LogP contribution in [-0.4, -0.2) is 20.7 Å². The lowest BCUT2D eigenvalue weighted by atomic mass is 9.93. The van der Waals surface area contributed by atoms with Crippen LogP contribution in [0.25, 0.3) is 28.1 Å². The number of allylic oxidation sites excluding steroid dienone is 1. The van der Waals surface area contributed by atoms with Crippen LogP contribution in [0.15, 0.2) is 78.1 Å². The van der Waals surface area contributed by atoms with Gasteiger partial charge in [-0.2, -0.15) is 13.2 Å². The second kappa shape index (κ2) is 7.98. The maximum Gasteiger partial charge on any atom is 0.416 e. The number of halogens is 3. The molecular formula is C23H14F3N3O2. The molecule has 0 bridgehead atoms. The summed E-state index contributed by atoms with van der Waals surface area (Å²) in [6.45, 7) is 0. The number of rotatable bonds is 4. The number of ketones is 1. The summed E-state index contributed by atoms with van der Waals surface area (Å²) < 4.78 is 40.0. The first-order valence-corrected chi connectivity index (χ1v) is 9.14. The smallest absolute Gasteiger partial charge is 0.321 e. The SMILES string of the molecule is O=C(/C=C/c1cncnc1)c1c(-c2ccccc2)c2cc(C(F)(F)F)ccc2[nH]c1=O. The van der Waals surface area contributed by atoms with Gasteiger partial charge >= 0.3 is 6.18 Å². The summed E-state index contributed by atoms with van der Waals surface area (Å²) in [5.41, 5.74) is -0.472. The third kappa shape index (κ3) is 4.13. The Kier molecular flexibility index (Phi) is 5.21. The molecule has 0 saturated heterocycles. The summed E-state index contributed by atoms with van der Waals surface area (Å²) in [7, 11) is 0. The third-order valence-corrected chi connectivity index (χ3v) is 4.66. The molecule has 0 fully saturated rings. The van der Waals surface area contributed by atoms with Crippen molar-refractivity contribution in [2.45, 2.75) is 6.18 Å². The van der Waals surface area contributed by atoms with E-state index in [-0.39, 0.29) is 22.0 Å². The Balaban J connectivity index is 1.97. The Hall–Kier alpha value is -4.07. The number of benzene rings is 2. The third-order valence-electron chi connectivity index (χ3n) is 4.66. The molecule has 154 valence electrons. The Morgan fingerprint density at radius 1 is 1.00 bits per heavy atom. The van der Waals surface area contributed by atoms with Crippen LogP contribution in [0.5, 0.6) is 0 Å². The molecule has 1 N–H and O–H groups in total. The largest absolute Gasteiger partial charge is 0.416 e. The standard InChI is InChI=1S/C23H14F3N3O2/c24-23(25,26)16-7-8-18-17(10-16)20(15-4-2-1-3-5-15)21(22(31)29-18)19(30)9-6-14-11-27-13-28-12-14/h1-13H,(H,29,31)/b9-6+. The number of nitrogens with zero attached hydrogens (tertiary/aromatic N) is 2. The Labute approximate surface area is 173 Å². The van der Waals surface area contributed by atoms with Crippen molar-refractivity contribution in [3.8, 4) is 11.1 Å². The van der Waals surface area contributed by atoms with Crippen molar-refractivity contribution >= 4 is 22.8 Å². The first kappa shape index (κ1) is 20.2. The summed E-state index contributed by atoms with van der Waals surface area (Å²) in [5, 5.41) is 0.125. The van der Waals surface area contributed by atoms with Crippen molar-refractivity contribution in [2.75, 3.05) is 0 Å². The number of pyridine rings is 1. The number of hydrogen-bond acceptors (Lipinski definition) is 4. The van der Waals surface area contributed by atoms with E-state index in [1.165, 1.54) is 36.9 Å². The van der Waals surface area contributed by atoms with E-state index in [1.54, 1.807) is 30.3 Å². The predicted octanol–water partition coefficient (Wildman–Crippen LogP) is 4.90. The van der Waals surface area contributed by atoms with E-state index < -0.39 is 23.1 Å². The number of nitrogens with one attached hydrogen (secondary N) is 1. The molecule has 0 aliphatic rings. The van der Waals surface area contributed by atoms with E-state index in [0.29, 0.717) is 11.1 Å². The molecular weight excluding hydrogens is 407 g/mol. The molecule has 0 aliphatic heterocycles. The van der Waals surface area contributed by atoms with Gasteiger partial charge in [0.25, 0.3) is 5.56 Å². The lowest BCUT2D eigenvalue weighted by Crippen LogP contribution is -2.19. The fourth-order valence-corrected chi connectivity index (χ4v) is 3.26. The molecule has 4 aromatic rings. The summed E-state index contributed by atoms with van der Waals surface area (Å²) in [4.78, 5) is 36.0. The highest BCUT2D eigenvalue weighted by molar-refractivity contribution is 6.15. The fraction of sp³-hybridized carbons (Fsp3) is 0.0435. The maximum atomic E-state index is 13.3. The monoisotopic (exact) mass is 421 g/mol. The first-order valence-electron chi connectivity index (χ1n) is 9.14. The van der Waals surface area contributed by atoms with E-state index in [1.807, 2.05) is 0 Å². The highest BCUT2D eigenvalue weighted by Gasteiger charge is 2.31. The lowest BCUT2D eigenvalue weighted by molar-refractivity contribution is -0.137. The first-order chi connectivity index (χ1) is 14.8. The van der Waals surface area contributed by atoms with Crippen LogP contribution < -0.4 is 5.56 Å². The Morgan fingerprint density at radius 2 is 1.71 bits per heavy atom. The second-order valence-electron chi connectivity index (χ2n) is 6.70. The molecule has 0 amide bonds. The van der Waals surface area contributed by atoms with Gasteiger partial charge in [0.1, 0.15) is 6.33 Å². The zero-order valence-electron chi connectivity index (χ0n) is 15.9. The molecule has 0 saturated carbocycles. The van der Waals surface area contributed by atoms with Gasteiger partial charge < -0.3 is 4.98 Å². The zero-order chi connectivity index (χ0) is 22.0. The minimum absolute atomic E-state index is 0.125. The van der Waals surface area contributed by atoms with Crippen LogP contribution in [0, 0.1) is 0 Å². The summed E-state index contributed by atoms with van der Waals surface area (Å²) >= 11 is 0. The number of fused-ring (bicyclic) bond motifs is 1. The topological polar surface area (TPSA) is 75.7 Å². The van der Waals surface area contributed by atoms with E-state index in [4.69, 9.17) is 0 Å². The number of H-pyrrole nitrogens is 1. The van der Waals surface area contributed by atoms with Gasteiger partial charge in [-0.05, 0) is 35.9 Å². The number of aromatic amines is 1. The summed E-state index contributed by atoms with van der Waals surface area (Å²) in [6.07, 6.45) is 2.33. The van der Waals surface area contributed by atoms with Gasteiger partial charge in [-0.15, -0.1) is 0 Å². The van der Waals surface area contributed by atoms with E-state index in [9.17, 15) is 22.8 Å². The highest BCUT2D eigenvalue weighted by Crippen LogP contribution is 2.35. The van der Waals surface area contributed by atoms with Gasteiger partial charge in [-0.1, -0.05) is 30.3 Å². The van der Waals surface area contributed by atoms with Gasteiger partial charge in [0.05, 0.1) is 11.1 Å². The van der Waals surface area contributed by atoms with E-state index in [2.05, 4.69) is 15.0 Å². The molecule has 8 heteroatoms. The predicted molar refractivity (Wildman–Crippen MR) is 110 cm³/mol. The van der Waals surface area contributed by atoms with Crippen molar-refractivity contribution < 1.29 is 18.0 Å². The minimum Gasteiger partial charge on any atom is -0.321 e. The van der Waals surface area contributed by atoms with Crippen molar-refractivity contribution in [2.24, 2.45) is 0 Å². The minimum atomic E-state index is -4.57. The van der Waals surface area contributed by atoms with Crippen LogP contribution in [-0.2, 0) is 6.18 Å². The van der Waals surface area contributed by atoms with Gasteiger partial charge in [-0.3, -0.25) is 9.59 Å². The van der Waals surface area contributed by atoms with Crippen LogP contribution >= 0.6 is 0 Å². The molecule has 0 unspecified atom stereocenters. The number of hydrogen-bond donors (Lipinski definition) is 1. The molecule has 31 heavy (non-hydrogen) atoms. The second-order valence-corrected chi connectivity index (χ2v) is 6.70. The van der Waals surface area contributed by atoms with Gasteiger partial charge in [0.15, 0.2) is 5.78 Å². The fourth-order valence-electron chi connectivity index (χ4n) is 3.26. The lowest BCUT2D eigenvalue weighted by Gasteiger charge is -2.14. The molecule has 2 aromatic heterocycles. The number of carbonyl (C=O) groups excluding carboxylic acids is 1. The summed E-state index contributed by atoms with van der Waals surface area (Å²) in [6, 6.07) is 11.4. The van der Waals surface area contributed by atoms with Crippen LogP contribution in [0.3, 0.4) is 0 Å². The van der Waals surface area contributed by atoms with Crippen molar-refractivity contribution in [1.29, 1.82) is 0 Å². The normalized spacial score (nSPS) is 11.8. The molecule has 0 atom stereocenters. The quantitative estimate of drug-likeness (QED) is 0.376. The van der Waals surface area contributed by atoms with Gasteiger partial charge in [0, 0.05) is 34.4 Å². The zero-order valence-corrected chi connectivity index (χ0v) is 15.9.